The smallest absolute Gasteiger partial charge is 0.291 e. The van der Waals surface area contributed by atoms with Crippen LogP contribution in [-0.2, 0) is 21.1 Å². The maximum Gasteiger partial charge on any atom is 0.291 e. The van der Waals surface area contributed by atoms with Crippen LogP contribution in [-0.4, -0.2) is 41.0 Å². The summed E-state index contributed by atoms with van der Waals surface area (Å²) in [6.45, 7) is 2.01. The zero-order valence-corrected chi connectivity index (χ0v) is 20.8. The number of rotatable bonds is 5. The minimum Gasteiger partial charge on any atom is -0.382 e. The lowest BCUT2D eigenvalue weighted by atomic mass is 10.2. The highest BCUT2D eigenvalue weighted by molar-refractivity contribution is 6.07. The van der Waals surface area contributed by atoms with Crippen molar-refractivity contribution in [3.05, 3.63) is 84.0 Å². The van der Waals surface area contributed by atoms with E-state index in [1.54, 1.807) is 65.6 Å². The topological polar surface area (TPSA) is 134 Å². The van der Waals surface area contributed by atoms with Gasteiger partial charge < -0.3 is 30.1 Å². The fourth-order valence-electron chi connectivity index (χ4n) is 4.35. The zero-order chi connectivity index (χ0) is 26.4. The molecule has 4 heterocycles. The minimum absolute atomic E-state index is 0.152. The molecule has 4 aromatic heterocycles. The molecule has 0 saturated carbocycles. The van der Waals surface area contributed by atoms with Crippen LogP contribution in [0.4, 0.5) is 17.2 Å². The first kappa shape index (κ1) is 23.7. The third kappa shape index (κ3) is 4.38. The number of nitrogen functional groups attached to an aromatic ring is 1. The molecular weight excluding hydrogens is 472 g/mol. The number of amides is 2. The fraction of sp³-hybridized carbons (Fsp3) is 0.154. The Bertz CT molecular complexity index is 1700. The molecule has 0 saturated heterocycles. The van der Waals surface area contributed by atoms with E-state index in [0.717, 1.165) is 16.5 Å². The molecule has 0 aliphatic carbocycles. The van der Waals surface area contributed by atoms with Crippen molar-refractivity contribution in [1.82, 2.24) is 23.3 Å². The Kier molecular flexibility index (Phi) is 5.67. The quantitative estimate of drug-likeness (QED) is 0.342. The number of aryl methyl sites for hydroxylation is 4. The number of aromatic nitrogens is 5. The lowest BCUT2D eigenvalue weighted by Gasteiger charge is -2.05. The molecule has 1 aromatic carbocycles. The number of hydrogen-bond donors (Lipinski definition) is 3. The lowest BCUT2D eigenvalue weighted by molar-refractivity contribution is 0.0955. The van der Waals surface area contributed by atoms with E-state index in [2.05, 4.69) is 15.6 Å². The van der Waals surface area contributed by atoms with Crippen molar-refractivity contribution in [2.45, 2.75) is 6.92 Å². The summed E-state index contributed by atoms with van der Waals surface area (Å²) < 4.78 is 6.39. The highest BCUT2D eigenvalue weighted by atomic mass is 16.2. The summed E-state index contributed by atoms with van der Waals surface area (Å²) in [5.74, 6) is -0.659. The second-order valence-corrected chi connectivity index (χ2v) is 9.01. The van der Waals surface area contributed by atoms with E-state index in [1.165, 1.54) is 10.8 Å². The van der Waals surface area contributed by atoms with Gasteiger partial charge in [-0.05, 0) is 37.3 Å². The number of imidazole rings is 1. The van der Waals surface area contributed by atoms with Gasteiger partial charge in [-0.3, -0.25) is 19.0 Å². The molecule has 0 spiro atoms. The van der Waals surface area contributed by atoms with Crippen LogP contribution in [0.25, 0.3) is 10.9 Å². The minimum atomic E-state index is -0.448. The second kappa shape index (κ2) is 8.86. The predicted molar refractivity (Wildman–Crippen MR) is 141 cm³/mol. The molecule has 0 aliphatic rings. The SMILES string of the molecule is Cc1ccc2c(ccn2C(=O)c2cc(NC(=O)c3cc(NC(=O)c4nc(N)cn4C)cn3C)cn2C)c1. The summed E-state index contributed by atoms with van der Waals surface area (Å²) in [4.78, 5) is 42.8. The number of hydrogen-bond acceptors (Lipinski definition) is 5. The van der Waals surface area contributed by atoms with Crippen molar-refractivity contribution < 1.29 is 14.4 Å². The van der Waals surface area contributed by atoms with Gasteiger partial charge in [0.15, 0.2) is 0 Å². The van der Waals surface area contributed by atoms with Crippen molar-refractivity contribution in [2.24, 2.45) is 21.1 Å². The fourth-order valence-corrected chi connectivity index (χ4v) is 4.35. The predicted octanol–water partition coefficient (Wildman–Crippen LogP) is 3.14. The number of nitrogens with zero attached hydrogens (tertiary/aromatic N) is 5. The third-order valence-electron chi connectivity index (χ3n) is 6.14. The van der Waals surface area contributed by atoms with Crippen LogP contribution in [0.2, 0.25) is 0 Å². The second-order valence-electron chi connectivity index (χ2n) is 9.01. The molecule has 37 heavy (non-hydrogen) atoms. The molecule has 188 valence electrons. The van der Waals surface area contributed by atoms with E-state index >= 15 is 0 Å². The van der Waals surface area contributed by atoms with Crippen molar-refractivity contribution in [3.63, 3.8) is 0 Å². The van der Waals surface area contributed by atoms with Gasteiger partial charge in [0.2, 0.25) is 5.82 Å². The van der Waals surface area contributed by atoms with E-state index in [1.807, 2.05) is 31.2 Å². The van der Waals surface area contributed by atoms with E-state index in [0.29, 0.717) is 22.8 Å². The molecule has 0 aliphatic heterocycles. The van der Waals surface area contributed by atoms with E-state index < -0.39 is 11.8 Å². The number of anilines is 3. The third-order valence-corrected chi connectivity index (χ3v) is 6.14. The van der Waals surface area contributed by atoms with Gasteiger partial charge in [0, 0.05) is 51.3 Å². The van der Waals surface area contributed by atoms with Crippen molar-refractivity contribution in [1.29, 1.82) is 0 Å². The summed E-state index contributed by atoms with van der Waals surface area (Å²) in [5.41, 5.74) is 9.21. The van der Waals surface area contributed by atoms with Crippen molar-refractivity contribution >= 4 is 45.8 Å². The summed E-state index contributed by atoms with van der Waals surface area (Å²) in [6.07, 6.45) is 6.59. The molecule has 0 unspecified atom stereocenters. The first-order valence-corrected chi connectivity index (χ1v) is 11.5. The van der Waals surface area contributed by atoms with Crippen LogP contribution in [0.3, 0.4) is 0 Å². The monoisotopic (exact) mass is 498 g/mol. The Hall–Kier alpha value is -5.06. The van der Waals surface area contributed by atoms with Gasteiger partial charge in [0.25, 0.3) is 17.7 Å². The highest BCUT2D eigenvalue weighted by Gasteiger charge is 2.20. The number of nitrogens with two attached hydrogens (primary N) is 1. The van der Waals surface area contributed by atoms with Crippen LogP contribution in [0, 0.1) is 6.92 Å². The van der Waals surface area contributed by atoms with Gasteiger partial charge in [0.1, 0.15) is 17.2 Å². The Labute approximate surface area is 212 Å². The summed E-state index contributed by atoms with van der Waals surface area (Å²) in [7, 11) is 5.11. The Balaban J connectivity index is 1.32. The van der Waals surface area contributed by atoms with Crippen LogP contribution in [0.1, 0.15) is 37.2 Å². The number of nitrogens with one attached hydrogen (secondary N) is 2. The van der Waals surface area contributed by atoms with Crippen molar-refractivity contribution in [2.75, 3.05) is 16.4 Å². The van der Waals surface area contributed by atoms with Gasteiger partial charge in [-0.2, -0.15) is 0 Å². The summed E-state index contributed by atoms with van der Waals surface area (Å²) >= 11 is 0. The summed E-state index contributed by atoms with van der Waals surface area (Å²) in [5, 5.41) is 6.53. The van der Waals surface area contributed by atoms with E-state index in [9.17, 15) is 14.4 Å². The standard InChI is InChI=1S/C26H26N8O3/c1-15-5-6-19-16(9-15)7-8-34(19)26(37)21-11-18(13-32(21)3)28-24(35)20-10-17(12-31(20)2)29-25(36)23-30-22(27)14-33(23)4/h5-14H,27H2,1-4H3,(H,28,35)(H,29,36). The van der Waals surface area contributed by atoms with Crippen LogP contribution in [0.15, 0.2) is 61.2 Å². The first-order chi connectivity index (χ1) is 17.6. The molecule has 5 aromatic rings. The van der Waals surface area contributed by atoms with E-state index in [-0.39, 0.29) is 17.5 Å². The Morgan fingerprint density at radius 1 is 0.811 bits per heavy atom. The molecule has 11 heteroatoms. The Morgan fingerprint density at radius 2 is 1.46 bits per heavy atom. The van der Waals surface area contributed by atoms with Crippen LogP contribution < -0.4 is 16.4 Å². The van der Waals surface area contributed by atoms with Gasteiger partial charge >= 0.3 is 0 Å². The zero-order valence-electron chi connectivity index (χ0n) is 20.8. The molecule has 2 amide bonds. The molecule has 0 radical (unpaired) electrons. The number of fused-ring (bicyclic) bond motifs is 1. The van der Waals surface area contributed by atoms with Crippen LogP contribution in [0.5, 0.6) is 0 Å². The maximum absolute atomic E-state index is 13.3. The molecule has 0 bridgehead atoms. The van der Waals surface area contributed by atoms with E-state index in [4.69, 9.17) is 5.73 Å². The molecule has 4 N–H and O–H groups in total. The van der Waals surface area contributed by atoms with Gasteiger partial charge in [-0.25, -0.2) is 4.98 Å². The largest absolute Gasteiger partial charge is 0.382 e. The number of benzene rings is 1. The number of carbonyl (C=O) groups excluding carboxylic acids is 3. The van der Waals surface area contributed by atoms with Crippen molar-refractivity contribution in [3.8, 4) is 0 Å². The molecule has 5 rings (SSSR count). The molecular formula is C26H26N8O3. The average Bonchev–Trinajstić information content (AvgIpc) is 3.59. The normalized spacial score (nSPS) is 11.1. The van der Waals surface area contributed by atoms with Gasteiger partial charge in [0.05, 0.1) is 16.9 Å². The first-order valence-electron chi connectivity index (χ1n) is 11.5. The average molecular weight is 499 g/mol. The molecule has 0 fully saturated rings. The lowest BCUT2D eigenvalue weighted by Crippen LogP contribution is -2.16. The highest BCUT2D eigenvalue weighted by Crippen LogP contribution is 2.22. The van der Waals surface area contributed by atoms with Crippen LogP contribution >= 0.6 is 0 Å². The van der Waals surface area contributed by atoms with Gasteiger partial charge in [-0.1, -0.05) is 11.6 Å². The molecule has 0 atom stereocenters. The maximum atomic E-state index is 13.3. The Morgan fingerprint density at radius 3 is 2.14 bits per heavy atom. The molecule has 11 nitrogen and oxygen atoms in total. The van der Waals surface area contributed by atoms with Gasteiger partial charge in [-0.15, -0.1) is 0 Å². The number of carbonyl (C=O) groups is 3. The summed E-state index contributed by atoms with van der Waals surface area (Å²) in [6, 6.07) is 11.0.